The number of carbonyl (C=O) groups excluding carboxylic acids is 3. The molecule has 9 heteroatoms. The summed E-state index contributed by atoms with van der Waals surface area (Å²) in [6.45, 7) is 19.2. The van der Waals surface area contributed by atoms with Gasteiger partial charge in [-0.1, -0.05) is 40.0 Å². The fourth-order valence-electron chi connectivity index (χ4n) is 3.64. The van der Waals surface area contributed by atoms with Gasteiger partial charge in [-0.3, -0.25) is 0 Å². The molecule has 188 valence electrons. The summed E-state index contributed by atoms with van der Waals surface area (Å²) in [6.07, 6.45) is 7.49. The third-order valence-electron chi connectivity index (χ3n) is 5.65. The van der Waals surface area contributed by atoms with Crippen LogP contribution in [0.1, 0.15) is 78.6 Å². The van der Waals surface area contributed by atoms with Gasteiger partial charge in [-0.15, -0.1) is 0 Å². The van der Waals surface area contributed by atoms with E-state index >= 15 is 0 Å². The first-order chi connectivity index (χ1) is 15.9. The Kier molecular flexibility index (Phi) is 17.5. The zero-order valence-corrected chi connectivity index (χ0v) is 21.0. The molecule has 0 aliphatic carbocycles. The molecule has 0 saturated carbocycles. The van der Waals surface area contributed by atoms with Crippen LogP contribution in [0.4, 0.5) is 14.4 Å². The molecule has 33 heavy (non-hydrogen) atoms. The second-order valence-corrected chi connectivity index (χ2v) is 8.13. The third kappa shape index (κ3) is 12.3. The van der Waals surface area contributed by atoms with Crippen LogP contribution < -0.4 is 0 Å². The molecule has 0 fully saturated rings. The van der Waals surface area contributed by atoms with Crippen molar-refractivity contribution in [2.75, 3.05) is 32.7 Å². The van der Waals surface area contributed by atoms with Crippen LogP contribution >= 0.6 is 0 Å². The molecule has 9 nitrogen and oxygen atoms in total. The lowest BCUT2D eigenvalue weighted by atomic mass is 10.0. The summed E-state index contributed by atoms with van der Waals surface area (Å²) >= 11 is 0. The van der Waals surface area contributed by atoms with Crippen LogP contribution in [0.3, 0.4) is 0 Å². The Hall–Kier alpha value is -2.58. The van der Waals surface area contributed by atoms with Crippen molar-refractivity contribution in [2.24, 2.45) is 15.0 Å². The number of carbonyl (C=O) groups is 3. The van der Waals surface area contributed by atoms with Crippen LogP contribution in [0.2, 0.25) is 0 Å². The summed E-state index contributed by atoms with van der Waals surface area (Å²) in [6, 6.07) is -1.14. The van der Waals surface area contributed by atoms with Gasteiger partial charge in [0.05, 0.1) is 0 Å². The summed E-state index contributed by atoms with van der Waals surface area (Å²) in [5.41, 5.74) is 0. The molecule has 0 heterocycles. The maximum Gasteiger partial charge on any atom is 0.343 e. The van der Waals surface area contributed by atoms with E-state index in [9.17, 15) is 14.4 Å². The Labute approximate surface area is 200 Å². The fourth-order valence-corrected chi connectivity index (χ4v) is 3.64. The minimum absolute atomic E-state index is 0.129. The quantitative estimate of drug-likeness (QED) is 0.273. The molecule has 0 bridgehead atoms. The number of aliphatic imine (C=N–C) groups is 3. The number of rotatable bonds is 17. The second-order valence-electron chi connectivity index (χ2n) is 8.13. The zero-order chi connectivity index (χ0) is 25.1. The molecule has 1 unspecified atom stereocenters. The molecule has 0 aliphatic rings. The first-order valence-electron chi connectivity index (χ1n) is 12.2. The van der Waals surface area contributed by atoms with Crippen LogP contribution in [0.5, 0.6) is 0 Å². The number of hydrogen-bond donors (Lipinski definition) is 0. The molecule has 0 spiro atoms. The molecule has 0 rings (SSSR count). The molecule has 0 aromatic heterocycles. The van der Waals surface area contributed by atoms with E-state index in [0.717, 1.165) is 38.5 Å². The van der Waals surface area contributed by atoms with Crippen LogP contribution in [0.15, 0.2) is 15.0 Å². The highest BCUT2D eigenvalue weighted by Crippen LogP contribution is 2.17. The topological polar surface area (TPSA) is 98.0 Å². The Morgan fingerprint density at radius 3 is 1.48 bits per heavy atom. The van der Waals surface area contributed by atoms with Crippen molar-refractivity contribution in [3.05, 3.63) is 0 Å². The molecular weight excluding hydrogens is 420 g/mol. The van der Waals surface area contributed by atoms with E-state index in [1.165, 1.54) is 0 Å². The smallest absolute Gasteiger partial charge is 0.323 e. The zero-order valence-electron chi connectivity index (χ0n) is 21.0. The van der Waals surface area contributed by atoms with Gasteiger partial charge in [0.15, 0.2) is 0 Å². The van der Waals surface area contributed by atoms with Gasteiger partial charge in [0.1, 0.15) is 0 Å². The van der Waals surface area contributed by atoms with Crippen molar-refractivity contribution in [3.8, 4) is 0 Å². The summed E-state index contributed by atoms with van der Waals surface area (Å²) < 4.78 is 0. The van der Waals surface area contributed by atoms with Gasteiger partial charge < -0.3 is 14.7 Å². The van der Waals surface area contributed by atoms with Crippen LogP contribution in [0.25, 0.3) is 0 Å². The first-order valence-corrected chi connectivity index (χ1v) is 12.2. The predicted octanol–water partition coefficient (Wildman–Crippen LogP) is 5.29. The minimum atomic E-state index is -0.353. The summed E-state index contributed by atoms with van der Waals surface area (Å²) in [5.74, 6) is 0. The van der Waals surface area contributed by atoms with E-state index in [1.807, 2.05) is 0 Å². The summed E-state index contributed by atoms with van der Waals surface area (Å²) in [4.78, 5) is 52.8. The monoisotopic (exact) mass is 464 g/mol. The van der Waals surface area contributed by atoms with Crippen molar-refractivity contribution in [1.82, 2.24) is 14.7 Å². The number of nitrogens with zero attached hydrogens (tertiary/aromatic N) is 6. The first kappa shape index (κ1) is 30.4. The third-order valence-corrected chi connectivity index (χ3v) is 5.65. The van der Waals surface area contributed by atoms with Crippen molar-refractivity contribution in [1.29, 1.82) is 0 Å². The van der Waals surface area contributed by atoms with E-state index in [0.29, 0.717) is 52.0 Å². The molecular formula is C24H44N6O3. The van der Waals surface area contributed by atoms with Crippen LogP contribution in [-0.4, -0.2) is 91.7 Å². The molecule has 1 atom stereocenters. The standard InChI is InChI=1S/C24H44N6O3/c1-7-10-16-28(22(31)25-4)18-13-14-21(30(19-12-9-3)24(33)27-6)15-20-29(17-11-8-2)23(32)26-5/h21H,4-20H2,1-3H3. The van der Waals surface area contributed by atoms with Gasteiger partial charge >= 0.3 is 18.1 Å². The molecule has 0 saturated heterocycles. The van der Waals surface area contributed by atoms with Gasteiger partial charge in [-0.05, 0) is 58.7 Å². The van der Waals surface area contributed by atoms with E-state index in [-0.39, 0.29) is 24.1 Å². The van der Waals surface area contributed by atoms with E-state index < -0.39 is 0 Å². The Morgan fingerprint density at radius 1 is 0.606 bits per heavy atom. The highest BCUT2D eigenvalue weighted by molar-refractivity contribution is 5.80. The fraction of sp³-hybridized carbons (Fsp3) is 0.750. The van der Waals surface area contributed by atoms with Gasteiger partial charge in [-0.2, -0.15) is 0 Å². The maximum atomic E-state index is 12.6. The van der Waals surface area contributed by atoms with E-state index in [1.54, 1.807) is 14.7 Å². The molecule has 0 aromatic carbocycles. The van der Waals surface area contributed by atoms with Crippen molar-refractivity contribution >= 4 is 38.2 Å². The number of hydrogen-bond acceptors (Lipinski definition) is 3. The minimum Gasteiger partial charge on any atom is -0.323 e. The SMILES string of the molecule is C=NC(=O)N(CCCC)CCCC(CCN(CCCC)C(=O)N=C)N(CCCC)C(=O)N=C. The largest absolute Gasteiger partial charge is 0.343 e. The lowest BCUT2D eigenvalue weighted by molar-refractivity contribution is 0.158. The number of amides is 6. The highest BCUT2D eigenvalue weighted by Gasteiger charge is 2.24. The average molecular weight is 465 g/mol. The lowest BCUT2D eigenvalue weighted by Gasteiger charge is -2.33. The average Bonchev–Trinajstić information content (AvgIpc) is 2.84. The second kappa shape index (κ2) is 18.9. The van der Waals surface area contributed by atoms with E-state index in [4.69, 9.17) is 0 Å². The number of unbranched alkanes of at least 4 members (excludes halogenated alkanes) is 3. The molecule has 0 aromatic rings. The molecule has 0 aliphatic heterocycles. The van der Waals surface area contributed by atoms with Crippen molar-refractivity contribution in [3.63, 3.8) is 0 Å². The normalized spacial score (nSPS) is 11.4. The lowest BCUT2D eigenvalue weighted by Crippen LogP contribution is -2.43. The van der Waals surface area contributed by atoms with Crippen LogP contribution in [0, 0.1) is 0 Å². The van der Waals surface area contributed by atoms with Gasteiger partial charge in [-0.25, -0.2) is 29.4 Å². The van der Waals surface area contributed by atoms with Crippen LogP contribution in [-0.2, 0) is 0 Å². The predicted molar refractivity (Wildman–Crippen MR) is 137 cm³/mol. The summed E-state index contributed by atoms with van der Waals surface area (Å²) in [7, 11) is 0. The molecule has 0 N–H and O–H groups in total. The molecule has 0 radical (unpaired) electrons. The van der Waals surface area contributed by atoms with E-state index in [2.05, 4.69) is 55.9 Å². The maximum absolute atomic E-state index is 12.6. The Bertz CT molecular complexity index is 625. The highest BCUT2D eigenvalue weighted by atomic mass is 16.2. The Morgan fingerprint density at radius 2 is 1.03 bits per heavy atom. The number of urea groups is 3. The van der Waals surface area contributed by atoms with Gasteiger partial charge in [0.25, 0.3) is 0 Å². The molecule has 6 amide bonds. The van der Waals surface area contributed by atoms with Gasteiger partial charge in [0, 0.05) is 38.8 Å². The summed E-state index contributed by atoms with van der Waals surface area (Å²) in [5, 5.41) is 0. The Balaban J connectivity index is 5.43. The van der Waals surface area contributed by atoms with Crippen molar-refractivity contribution < 1.29 is 14.4 Å². The van der Waals surface area contributed by atoms with Gasteiger partial charge in [0.2, 0.25) is 0 Å². The van der Waals surface area contributed by atoms with Crippen molar-refractivity contribution in [2.45, 2.75) is 84.6 Å².